The van der Waals surface area contributed by atoms with Crippen molar-refractivity contribution < 1.29 is 13.2 Å². The van der Waals surface area contributed by atoms with E-state index in [9.17, 15) is 8.42 Å². The summed E-state index contributed by atoms with van der Waals surface area (Å²) in [5.41, 5.74) is 1.04. The van der Waals surface area contributed by atoms with Gasteiger partial charge in [-0.05, 0) is 43.2 Å². The number of hydrogen-bond donors (Lipinski definition) is 2. The maximum atomic E-state index is 11.5. The zero-order chi connectivity index (χ0) is 19.5. The van der Waals surface area contributed by atoms with Crippen LogP contribution in [0.5, 0.6) is 5.75 Å². The molecule has 2 N–H and O–H groups in total. The quantitative estimate of drug-likeness (QED) is 0.384. The van der Waals surface area contributed by atoms with Crippen molar-refractivity contribution in [2.45, 2.75) is 18.2 Å². The average molecular weight is 391 g/mol. The number of ether oxygens (including phenoxy) is 1. The number of rotatable bonds is 9. The van der Waals surface area contributed by atoms with Gasteiger partial charge in [0.2, 0.25) is 0 Å². The zero-order valence-corrected chi connectivity index (χ0v) is 16.5. The second kappa shape index (κ2) is 10.5. The second-order valence-corrected chi connectivity index (χ2v) is 7.91. The molecule has 0 bridgehead atoms. The van der Waals surface area contributed by atoms with Gasteiger partial charge in [-0.1, -0.05) is 12.1 Å². The standard InChI is InChI=1S/C19H26N4O3S/c1-3-21-19(23-13-14-26-17-5-4-11-20-15-17)22-12-10-16-6-8-18(9-7-16)27(2,24)25/h4-9,11,15H,3,10,12-14H2,1-2H3,(H2,21,22,23). The SMILES string of the molecule is CCNC(=NCCc1ccc(S(C)(=O)=O)cc1)NCCOc1cccnc1. The van der Waals surface area contributed by atoms with Crippen molar-refractivity contribution in [2.75, 3.05) is 32.5 Å². The van der Waals surface area contributed by atoms with Crippen LogP contribution in [-0.4, -0.2) is 51.9 Å². The minimum atomic E-state index is -3.16. The molecule has 1 heterocycles. The summed E-state index contributed by atoms with van der Waals surface area (Å²) >= 11 is 0. The molecule has 0 aliphatic heterocycles. The number of nitrogens with zero attached hydrogens (tertiary/aromatic N) is 2. The fourth-order valence-corrected chi connectivity index (χ4v) is 2.94. The van der Waals surface area contributed by atoms with E-state index in [0.29, 0.717) is 24.6 Å². The van der Waals surface area contributed by atoms with E-state index in [2.05, 4.69) is 20.6 Å². The van der Waals surface area contributed by atoms with E-state index in [4.69, 9.17) is 4.74 Å². The molecule has 0 spiro atoms. The molecule has 146 valence electrons. The first kappa shape index (κ1) is 20.7. The van der Waals surface area contributed by atoms with Crippen molar-refractivity contribution in [3.63, 3.8) is 0 Å². The maximum Gasteiger partial charge on any atom is 0.191 e. The third-order valence-corrected chi connectivity index (χ3v) is 4.79. The van der Waals surface area contributed by atoms with Crippen LogP contribution in [0.2, 0.25) is 0 Å². The van der Waals surface area contributed by atoms with Gasteiger partial charge >= 0.3 is 0 Å². The number of aromatic nitrogens is 1. The first-order chi connectivity index (χ1) is 13.0. The van der Waals surface area contributed by atoms with E-state index in [1.807, 2.05) is 31.2 Å². The van der Waals surface area contributed by atoms with E-state index in [0.717, 1.165) is 30.2 Å². The van der Waals surface area contributed by atoms with Gasteiger partial charge in [0, 0.05) is 25.5 Å². The molecule has 1 aromatic heterocycles. The molecule has 0 saturated carbocycles. The predicted molar refractivity (Wildman–Crippen MR) is 107 cm³/mol. The van der Waals surface area contributed by atoms with Gasteiger partial charge in [0.25, 0.3) is 0 Å². The molecule has 27 heavy (non-hydrogen) atoms. The summed E-state index contributed by atoms with van der Waals surface area (Å²) in [6.07, 6.45) is 5.32. The van der Waals surface area contributed by atoms with Crippen molar-refractivity contribution in [1.29, 1.82) is 0 Å². The highest BCUT2D eigenvalue weighted by Gasteiger charge is 2.06. The van der Waals surface area contributed by atoms with Crippen LogP contribution in [0.1, 0.15) is 12.5 Å². The number of hydrogen-bond acceptors (Lipinski definition) is 5. The lowest BCUT2D eigenvalue weighted by molar-refractivity contribution is 0.320. The Labute approximate surface area is 160 Å². The Kier molecular flexibility index (Phi) is 8.06. The summed E-state index contributed by atoms with van der Waals surface area (Å²) in [5.74, 6) is 1.46. The Morgan fingerprint density at radius 2 is 1.96 bits per heavy atom. The number of guanidine groups is 1. The second-order valence-electron chi connectivity index (χ2n) is 5.89. The summed E-state index contributed by atoms with van der Waals surface area (Å²) < 4.78 is 28.6. The van der Waals surface area contributed by atoms with Gasteiger partial charge in [-0.25, -0.2) is 8.42 Å². The molecule has 0 saturated heterocycles. The summed E-state index contributed by atoms with van der Waals surface area (Å²) in [7, 11) is -3.16. The van der Waals surface area contributed by atoms with Crippen molar-refractivity contribution >= 4 is 15.8 Å². The van der Waals surface area contributed by atoms with Gasteiger partial charge in [0.1, 0.15) is 12.4 Å². The number of sulfone groups is 1. The van der Waals surface area contributed by atoms with Crippen LogP contribution in [0.4, 0.5) is 0 Å². The van der Waals surface area contributed by atoms with E-state index in [1.165, 1.54) is 6.26 Å². The van der Waals surface area contributed by atoms with Crippen molar-refractivity contribution in [2.24, 2.45) is 4.99 Å². The van der Waals surface area contributed by atoms with Gasteiger partial charge in [-0.15, -0.1) is 0 Å². The smallest absolute Gasteiger partial charge is 0.191 e. The average Bonchev–Trinajstić information content (AvgIpc) is 2.66. The highest BCUT2D eigenvalue weighted by atomic mass is 32.2. The molecule has 0 unspecified atom stereocenters. The molecule has 0 fully saturated rings. The lowest BCUT2D eigenvalue weighted by Crippen LogP contribution is -2.39. The minimum absolute atomic E-state index is 0.332. The zero-order valence-electron chi connectivity index (χ0n) is 15.7. The van der Waals surface area contributed by atoms with Crippen LogP contribution in [0, 0.1) is 0 Å². The predicted octanol–water partition coefficient (Wildman–Crippen LogP) is 1.66. The molecule has 1 aromatic carbocycles. The normalized spacial score (nSPS) is 11.9. The molecule has 0 atom stereocenters. The summed E-state index contributed by atoms with van der Waals surface area (Å²) in [6.45, 7) is 4.48. The van der Waals surface area contributed by atoms with Crippen LogP contribution < -0.4 is 15.4 Å². The van der Waals surface area contributed by atoms with Crippen LogP contribution in [0.3, 0.4) is 0 Å². The monoisotopic (exact) mass is 390 g/mol. The molecule has 0 aliphatic carbocycles. The van der Waals surface area contributed by atoms with E-state index < -0.39 is 9.84 Å². The highest BCUT2D eigenvalue weighted by molar-refractivity contribution is 7.90. The topological polar surface area (TPSA) is 92.7 Å². The molecular weight excluding hydrogens is 364 g/mol. The Balaban J connectivity index is 1.78. The molecular formula is C19H26N4O3S. The number of nitrogens with one attached hydrogen (secondary N) is 2. The first-order valence-electron chi connectivity index (χ1n) is 8.83. The van der Waals surface area contributed by atoms with E-state index in [-0.39, 0.29) is 0 Å². The van der Waals surface area contributed by atoms with Crippen LogP contribution in [0.25, 0.3) is 0 Å². The molecule has 7 nitrogen and oxygen atoms in total. The van der Waals surface area contributed by atoms with E-state index in [1.54, 1.807) is 24.5 Å². The number of aliphatic imine (C=N–C) groups is 1. The fourth-order valence-electron chi connectivity index (χ4n) is 2.31. The van der Waals surface area contributed by atoms with Gasteiger partial charge in [-0.3, -0.25) is 9.98 Å². The third kappa shape index (κ3) is 7.65. The largest absolute Gasteiger partial charge is 0.490 e. The Morgan fingerprint density at radius 1 is 1.19 bits per heavy atom. The minimum Gasteiger partial charge on any atom is -0.490 e. The molecule has 2 aromatic rings. The third-order valence-electron chi connectivity index (χ3n) is 3.66. The Morgan fingerprint density at radius 3 is 2.59 bits per heavy atom. The van der Waals surface area contributed by atoms with Crippen LogP contribution >= 0.6 is 0 Å². The molecule has 0 amide bonds. The summed E-state index contributed by atoms with van der Waals surface area (Å²) in [5, 5.41) is 6.41. The van der Waals surface area contributed by atoms with Crippen molar-refractivity contribution in [3.05, 3.63) is 54.4 Å². The van der Waals surface area contributed by atoms with Crippen molar-refractivity contribution in [1.82, 2.24) is 15.6 Å². The molecule has 0 radical (unpaired) electrons. The van der Waals surface area contributed by atoms with Gasteiger partial charge < -0.3 is 15.4 Å². The fraction of sp³-hybridized carbons (Fsp3) is 0.368. The molecule has 0 aliphatic rings. The Hall–Kier alpha value is -2.61. The number of benzene rings is 1. The van der Waals surface area contributed by atoms with Gasteiger partial charge in [0.05, 0.1) is 17.6 Å². The first-order valence-corrected chi connectivity index (χ1v) is 10.7. The van der Waals surface area contributed by atoms with Crippen LogP contribution in [-0.2, 0) is 16.3 Å². The molecule has 8 heteroatoms. The van der Waals surface area contributed by atoms with E-state index >= 15 is 0 Å². The number of pyridine rings is 1. The lowest BCUT2D eigenvalue weighted by Gasteiger charge is -2.12. The Bertz CT molecular complexity index is 822. The van der Waals surface area contributed by atoms with Crippen LogP contribution in [0.15, 0.2) is 58.7 Å². The molecule has 2 rings (SSSR count). The summed E-state index contributed by atoms with van der Waals surface area (Å²) in [4.78, 5) is 8.87. The van der Waals surface area contributed by atoms with Gasteiger partial charge in [-0.2, -0.15) is 0 Å². The highest BCUT2D eigenvalue weighted by Crippen LogP contribution is 2.10. The van der Waals surface area contributed by atoms with Gasteiger partial charge in [0.15, 0.2) is 15.8 Å². The maximum absolute atomic E-state index is 11.5. The van der Waals surface area contributed by atoms with Crippen molar-refractivity contribution in [3.8, 4) is 5.75 Å². The summed E-state index contributed by atoms with van der Waals surface area (Å²) in [6, 6.07) is 10.6. The lowest BCUT2D eigenvalue weighted by atomic mass is 10.1.